The van der Waals surface area contributed by atoms with Crippen molar-refractivity contribution in [2.24, 2.45) is 0 Å². The van der Waals surface area contributed by atoms with Gasteiger partial charge in [0.25, 0.3) is 5.91 Å². The molecule has 0 aromatic heterocycles. The summed E-state index contributed by atoms with van der Waals surface area (Å²) in [6.45, 7) is 7.41. The van der Waals surface area contributed by atoms with Crippen LogP contribution in [0, 0.1) is 0 Å². The lowest BCUT2D eigenvalue weighted by atomic mass is 10.0. The van der Waals surface area contributed by atoms with Gasteiger partial charge in [0.1, 0.15) is 11.4 Å². The van der Waals surface area contributed by atoms with E-state index in [2.05, 4.69) is 15.9 Å². The van der Waals surface area contributed by atoms with E-state index < -0.39 is 11.7 Å². The molecule has 0 N–H and O–H groups in total. The third-order valence-corrected chi connectivity index (χ3v) is 5.35. The van der Waals surface area contributed by atoms with Gasteiger partial charge in [-0.3, -0.25) is 4.79 Å². The number of aryl methyl sites for hydroxylation is 1. The first-order valence-electron chi connectivity index (χ1n) is 9.05. The molecule has 8 heteroatoms. The molecule has 1 saturated heterocycles. The van der Waals surface area contributed by atoms with Gasteiger partial charge in [-0.1, -0.05) is 11.6 Å². The van der Waals surface area contributed by atoms with E-state index in [1.54, 1.807) is 15.9 Å². The highest BCUT2D eigenvalue weighted by Crippen LogP contribution is 2.37. The van der Waals surface area contributed by atoms with Crippen LogP contribution >= 0.6 is 27.5 Å². The first-order chi connectivity index (χ1) is 12.6. The summed E-state index contributed by atoms with van der Waals surface area (Å²) in [7, 11) is 0. The summed E-state index contributed by atoms with van der Waals surface area (Å²) in [6.07, 6.45) is 0.509. The lowest BCUT2D eigenvalue weighted by molar-refractivity contribution is -0.141. The molecule has 2 heterocycles. The molecule has 0 aliphatic carbocycles. The molecule has 6 nitrogen and oxygen atoms in total. The highest BCUT2D eigenvalue weighted by molar-refractivity contribution is 9.10. The summed E-state index contributed by atoms with van der Waals surface area (Å²) in [4.78, 5) is 28.4. The number of halogens is 2. The molecule has 1 fully saturated rings. The smallest absolute Gasteiger partial charge is 0.410 e. The van der Waals surface area contributed by atoms with Gasteiger partial charge < -0.3 is 19.3 Å². The molecule has 0 unspecified atom stereocenters. The number of amides is 2. The summed E-state index contributed by atoms with van der Waals surface area (Å²) >= 11 is 9.54. The third-order valence-electron chi connectivity index (χ3n) is 4.54. The molecule has 2 aliphatic rings. The van der Waals surface area contributed by atoms with Crippen molar-refractivity contribution in [1.29, 1.82) is 0 Å². The fourth-order valence-electron chi connectivity index (χ4n) is 3.23. The van der Waals surface area contributed by atoms with Crippen molar-refractivity contribution in [2.75, 3.05) is 26.2 Å². The first kappa shape index (κ1) is 20.3. The van der Waals surface area contributed by atoms with Crippen LogP contribution in [-0.4, -0.2) is 59.7 Å². The zero-order valence-corrected chi connectivity index (χ0v) is 18.1. The second kappa shape index (κ2) is 7.87. The lowest BCUT2D eigenvalue weighted by Crippen LogP contribution is -2.54. The fraction of sp³-hybridized carbons (Fsp3) is 0.579. The molecule has 2 aliphatic heterocycles. The van der Waals surface area contributed by atoms with Crippen LogP contribution in [-0.2, 0) is 16.0 Å². The Hall–Kier alpha value is -1.47. The Bertz CT molecular complexity index is 742. The third kappa shape index (κ3) is 4.88. The van der Waals surface area contributed by atoms with Crippen molar-refractivity contribution < 1.29 is 19.1 Å². The number of hydrogen-bond donors (Lipinski definition) is 0. The number of rotatable bonds is 1. The number of ether oxygens (including phenoxy) is 2. The van der Waals surface area contributed by atoms with Crippen molar-refractivity contribution in [3.63, 3.8) is 0 Å². The number of fused-ring (bicyclic) bond motifs is 1. The van der Waals surface area contributed by atoms with Crippen LogP contribution in [0.4, 0.5) is 4.79 Å². The number of hydrogen-bond acceptors (Lipinski definition) is 4. The molecule has 27 heavy (non-hydrogen) atoms. The Morgan fingerprint density at radius 2 is 1.81 bits per heavy atom. The maximum Gasteiger partial charge on any atom is 0.410 e. The van der Waals surface area contributed by atoms with Crippen LogP contribution in [0.25, 0.3) is 0 Å². The van der Waals surface area contributed by atoms with Gasteiger partial charge in [-0.2, -0.15) is 0 Å². The van der Waals surface area contributed by atoms with Gasteiger partial charge in [-0.25, -0.2) is 4.79 Å². The molecule has 2 amide bonds. The molecule has 1 aromatic rings. The van der Waals surface area contributed by atoms with E-state index in [0.717, 1.165) is 16.5 Å². The van der Waals surface area contributed by atoms with Crippen LogP contribution in [0.3, 0.4) is 0 Å². The number of piperazine rings is 1. The minimum Gasteiger partial charge on any atom is -0.479 e. The Kier molecular flexibility index (Phi) is 5.91. The maximum absolute atomic E-state index is 12.9. The summed E-state index contributed by atoms with van der Waals surface area (Å²) in [5, 5.41) is 0.646. The molecule has 0 spiro atoms. The topological polar surface area (TPSA) is 59.1 Å². The van der Waals surface area contributed by atoms with Crippen molar-refractivity contribution in [1.82, 2.24) is 9.80 Å². The highest BCUT2D eigenvalue weighted by atomic mass is 79.9. The van der Waals surface area contributed by atoms with Crippen LogP contribution < -0.4 is 4.74 Å². The van der Waals surface area contributed by atoms with E-state index in [1.807, 2.05) is 26.8 Å². The minimum absolute atomic E-state index is 0.0358. The summed E-state index contributed by atoms with van der Waals surface area (Å²) in [6, 6.07) is 3.65. The van der Waals surface area contributed by atoms with E-state index in [4.69, 9.17) is 21.1 Å². The average Bonchev–Trinajstić information content (AvgIpc) is 2.59. The van der Waals surface area contributed by atoms with E-state index >= 15 is 0 Å². The van der Waals surface area contributed by atoms with Crippen LogP contribution in [0.15, 0.2) is 16.6 Å². The van der Waals surface area contributed by atoms with Crippen molar-refractivity contribution >= 4 is 39.5 Å². The molecule has 148 valence electrons. The number of carbonyl (C=O) groups is 2. The summed E-state index contributed by atoms with van der Waals surface area (Å²) in [5.41, 5.74) is 0.483. The normalized spacial score (nSPS) is 20.0. The minimum atomic E-state index is -0.524. The summed E-state index contributed by atoms with van der Waals surface area (Å²) < 4.78 is 12.1. The maximum atomic E-state index is 12.9. The molecule has 3 rings (SSSR count). The summed E-state index contributed by atoms with van der Waals surface area (Å²) in [5.74, 6) is 0.655. The number of carbonyl (C=O) groups excluding carboxylic acids is 2. The van der Waals surface area contributed by atoms with Gasteiger partial charge in [-0.15, -0.1) is 0 Å². The molecule has 0 radical (unpaired) electrons. The standard InChI is InChI=1S/C19H24BrClN2O4/c1-19(2,3)27-18(25)23-8-6-22(7-9-23)17(24)15-5-4-12-10-13(21)11-14(20)16(12)26-15/h10-11,15H,4-9H2,1-3H3/t15-/m1/s1. The molecule has 1 aromatic carbocycles. The van der Waals surface area contributed by atoms with Crippen molar-refractivity contribution in [2.45, 2.75) is 45.3 Å². The molecule has 1 atom stereocenters. The van der Waals surface area contributed by atoms with Gasteiger partial charge in [0.15, 0.2) is 6.10 Å². The monoisotopic (exact) mass is 458 g/mol. The Labute approximate surface area is 172 Å². The predicted molar refractivity (Wildman–Crippen MR) is 106 cm³/mol. The largest absolute Gasteiger partial charge is 0.479 e. The molecule has 0 saturated carbocycles. The second-order valence-electron chi connectivity index (χ2n) is 7.81. The number of benzene rings is 1. The molecule has 0 bridgehead atoms. The predicted octanol–water partition coefficient (Wildman–Crippen LogP) is 3.88. The fourth-order valence-corrected chi connectivity index (χ4v) is 4.20. The van der Waals surface area contributed by atoms with Gasteiger partial charge in [-0.05, 0) is 67.2 Å². The van der Waals surface area contributed by atoms with Crippen LogP contribution in [0.1, 0.15) is 32.8 Å². The Morgan fingerprint density at radius 3 is 2.44 bits per heavy atom. The van der Waals surface area contributed by atoms with E-state index in [-0.39, 0.29) is 12.0 Å². The average molecular weight is 460 g/mol. The van der Waals surface area contributed by atoms with E-state index in [9.17, 15) is 9.59 Å². The van der Waals surface area contributed by atoms with Gasteiger partial charge in [0.2, 0.25) is 0 Å². The molecular weight excluding hydrogens is 436 g/mol. The SMILES string of the molecule is CC(C)(C)OC(=O)N1CCN(C(=O)[C@H]2CCc3cc(Cl)cc(Br)c3O2)CC1. The van der Waals surface area contributed by atoms with Crippen molar-refractivity contribution in [3.05, 3.63) is 27.2 Å². The van der Waals surface area contributed by atoms with Crippen LogP contribution in [0.5, 0.6) is 5.75 Å². The Morgan fingerprint density at radius 1 is 1.19 bits per heavy atom. The zero-order chi connectivity index (χ0) is 19.8. The van der Waals surface area contributed by atoms with E-state index in [1.165, 1.54) is 0 Å². The quantitative estimate of drug-likeness (QED) is 0.639. The van der Waals surface area contributed by atoms with Gasteiger partial charge in [0.05, 0.1) is 4.47 Å². The van der Waals surface area contributed by atoms with Gasteiger partial charge >= 0.3 is 6.09 Å². The van der Waals surface area contributed by atoms with Gasteiger partial charge in [0, 0.05) is 31.2 Å². The second-order valence-corrected chi connectivity index (χ2v) is 9.10. The Balaban J connectivity index is 1.58. The lowest BCUT2D eigenvalue weighted by Gasteiger charge is -2.37. The van der Waals surface area contributed by atoms with Crippen LogP contribution in [0.2, 0.25) is 5.02 Å². The van der Waals surface area contributed by atoms with Crippen molar-refractivity contribution in [3.8, 4) is 5.75 Å². The zero-order valence-electron chi connectivity index (χ0n) is 15.8. The van der Waals surface area contributed by atoms with E-state index in [0.29, 0.717) is 43.4 Å². The number of nitrogens with zero attached hydrogens (tertiary/aromatic N) is 2. The molecular formula is C19H24BrClN2O4. The first-order valence-corrected chi connectivity index (χ1v) is 10.2. The highest BCUT2D eigenvalue weighted by Gasteiger charge is 2.34.